The number of aliphatic hydroxyl groups excluding tert-OH is 1. The molecule has 196 valence electrons. The molecule has 1 aromatic carbocycles. The van der Waals surface area contributed by atoms with Gasteiger partial charge in [0.15, 0.2) is 0 Å². The molecule has 0 heterocycles. The van der Waals surface area contributed by atoms with Crippen molar-refractivity contribution in [1.82, 2.24) is 16.0 Å². The first kappa shape index (κ1) is 30.2. The van der Waals surface area contributed by atoms with Crippen LogP contribution in [0.15, 0.2) is 24.3 Å². The molecule has 0 bridgehead atoms. The summed E-state index contributed by atoms with van der Waals surface area (Å²) in [6, 6.07) is 1.32. The zero-order valence-electron chi connectivity index (χ0n) is 19.5. The Kier molecular flexibility index (Phi) is 13.1. The summed E-state index contributed by atoms with van der Waals surface area (Å²) in [6.07, 6.45) is 0.0761. The molecular weight excluding hydrogens is 478 g/mol. The molecule has 0 radical (unpaired) electrons. The standard InChI is InChI=1S/C22H35N5O7S/c1-12(28)18(21(32)26-17(11-35)22(33)34)27-20(31)16(4-2-3-9-23)25-19(30)15(24)10-13-5-7-14(29)8-6-13/h5-8,12,15-18,28-29,35H,2-4,9-11,23-24H2,1H3,(H,25,30)(H,26,32)(H,27,31)(H,33,34). The number of hydrogen-bond donors (Lipinski definition) is 9. The third-order valence-electron chi connectivity index (χ3n) is 5.17. The van der Waals surface area contributed by atoms with Gasteiger partial charge in [-0.1, -0.05) is 12.1 Å². The number of unbranched alkanes of at least 4 members (excludes halogenated alkanes) is 1. The Morgan fingerprint density at radius 3 is 2.09 bits per heavy atom. The van der Waals surface area contributed by atoms with Gasteiger partial charge in [-0.2, -0.15) is 12.6 Å². The molecule has 0 spiro atoms. The van der Waals surface area contributed by atoms with Crippen LogP contribution >= 0.6 is 12.6 Å². The van der Waals surface area contributed by atoms with E-state index in [1.54, 1.807) is 12.1 Å². The van der Waals surface area contributed by atoms with E-state index in [0.29, 0.717) is 24.9 Å². The first-order valence-corrected chi connectivity index (χ1v) is 11.8. The number of aliphatic hydroxyl groups is 1. The van der Waals surface area contributed by atoms with Crippen LogP contribution in [0.1, 0.15) is 31.7 Å². The number of carbonyl (C=O) groups is 4. The molecule has 1 aromatic rings. The van der Waals surface area contributed by atoms with Crippen LogP contribution in [0.4, 0.5) is 0 Å². The van der Waals surface area contributed by atoms with Crippen molar-refractivity contribution >= 4 is 36.3 Å². The molecule has 0 saturated carbocycles. The van der Waals surface area contributed by atoms with Gasteiger partial charge in [0.1, 0.15) is 23.9 Å². The van der Waals surface area contributed by atoms with E-state index < -0.39 is 54.0 Å². The van der Waals surface area contributed by atoms with Crippen LogP contribution in [0.25, 0.3) is 0 Å². The molecule has 0 aromatic heterocycles. The number of benzene rings is 1. The van der Waals surface area contributed by atoms with Gasteiger partial charge in [-0.15, -0.1) is 0 Å². The van der Waals surface area contributed by atoms with Crippen molar-refractivity contribution in [3.63, 3.8) is 0 Å². The Hall–Kier alpha value is -2.87. The van der Waals surface area contributed by atoms with Gasteiger partial charge in [0.2, 0.25) is 17.7 Å². The smallest absolute Gasteiger partial charge is 0.327 e. The lowest BCUT2D eigenvalue weighted by molar-refractivity contribution is -0.142. The SMILES string of the molecule is CC(O)C(NC(=O)C(CCCCN)NC(=O)C(N)Cc1ccc(O)cc1)C(=O)NC(CS)C(=O)O. The number of rotatable bonds is 15. The number of phenolic OH excluding ortho intramolecular Hbond substituents is 1. The highest BCUT2D eigenvalue weighted by atomic mass is 32.1. The average Bonchev–Trinajstić information content (AvgIpc) is 2.80. The normalized spacial score (nSPS) is 15.2. The summed E-state index contributed by atoms with van der Waals surface area (Å²) < 4.78 is 0. The van der Waals surface area contributed by atoms with Crippen molar-refractivity contribution < 1.29 is 34.5 Å². The maximum atomic E-state index is 13.0. The number of aromatic hydroxyl groups is 1. The predicted molar refractivity (Wildman–Crippen MR) is 132 cm³/mol. The molecule has 0 aliphatic carbocycles. The van der Waals surface area contributed by atoms with Gasteiger partial charge in [-0.3, -0.25) is 14.4 Å². The van der Waals surface area contributed by atoms with Gasteiger partial charge in [0.05, 0.1) is 12.1 Å². The number of hydrogen-bond acceptors (Lipinski definition) is 9. The van der Waals surface area contributed by atoms with Gasteiger partial charge < -0.3 is 42.7 Å². The van der Waals surface area contributed by atoms with Crippen LogP contribution in [0.3, 0.4) is 0 Å². The Morgan fingerprint density at radius 2 is 1.57 bits per heavy atom. The second-order valence-corrected chi connectivity index (χ2v) is 8.50. The lowest BCUT2D eigenvalue weighted by atomic mass is 10.0. The highest BCUT2D eigenvalue weighted by Gasteiger charge is 2.32. The minimum absolute atomic E-state index is 0.0733. The molecule has 35 heavy (non-hydrogen) atoms. The largest absolute Gasteiger partial charge is 0.508 e. The topological polar surface area (TPSA) is 217 Å². The minimum atomic E-state index is -1.47. The molecule has 5 unspecified atom stereocenters. The molecular formula is C22H35N5O7S. The maximum Gasteiger partial charge on any atom is 0.327 e. The summed E-state index contributed by atoms with van der Waals surface area (Å²) >= 11 is 3.87. The molecule has 0 saturated heterocycles. The van der Waals surface area contributed by atoms with Gasteiger partial charge >= 0.3 is 5.97 Å². The van der Waals surface area contributed by atoms with Crippen molar-refractivity contribution in [1.29, 1.82) is 0 Å². The molecule has 1 rings (SSSR count). The van der Waals surface area contributed by atoms with Crippen LogP contribution < -0.4 is 27.4 Å². The number of amides is 3. The molecule has 5 atom stereocenters. The Morgan fingerprint density at radius 1 is 0.971 bits per heavy atom. The van der Waals surface area contributed by atoms with E-state index in [0.717, 1.165) is 0 Å². The number of carboxylic acid groups (broad SMARTS) is 1. The highest BCUT2D eigenvalue weighted by molar-refractivity contribution is 7.80. The summed E-state index contributed by atoms with van der Waals surface area (Å²) in [5.41, 5.74) is 12.2. The number of carboxylic acids is 1. The number of nitrogens with two attached hydrogens (primary N) is 2. The maximum absolute atomic E-state index is 13.0. The molecule has 3 amide bonds. The average molecular weight is 514 g/mol. The number of thiol groups is 1. The van der Waals surface area contributed by atoms with E-state index in [1.165, 1.54) is 19.1 Å². The van der Waals surface area contributed by atoms with E-state index in [9.17, 15) is 29.4 Å². The lowest BCUT2D eigenvalue weighted by Gasteiger charge is -2.26. The third kappa shape index (κ3) is 10.5. The zero-order chi connectivity index (χ0) is 26.5. The van der Waals surface area contributed by atoms with Crippen LogP contribution in [-0.4, -0.2) is 81.6 Å². The molecule has 10 N–H and O–H groups in total. The number of carbonyl (C=O) groups excluding carboxylic acids is 3. The van der Waals surface area contributed by atoms with Gasteiger partial charge in [-0.05, 0) is 56.8 Å². The molecule has 0 aliphatic heterocycles. The predicted octanol–water partition coefficient (Wildman–Crippen LogP) is -1.76. The number of phenols is 1. The monoisotopic (exact) mass is 513 g/mol. The van der Waals surface area contributed by atoms with Crippen LogP contribution in [0.5, 0.6) is 5.75 Å². The van der Waals surface area contributed by atoms with Gasteiger partial charge in [0, 0.05) is 5.75 Å². The van der Waals surface area contributed by atoms with E-state index >= 15 is 0 Å². The van der Waals surface area contributed by atoms with E-state index in [1.807, 2.05) is 0 Å². The number of nitrogens with one attached hydrogen (secondary N) is 3. The second-order valence-electron chi connectivity index (χ2n) is 8.13. The summed E-state index contributed by atoms with van der Waals surface area (Å²) in [6.45, 7) is 1.64. The zero-order valence-corrected chi connectivity index (χ0v) is 20.4. The van der Waals surface area contributed by atoms with Gasteiger partial charge in [0.25, 0.3) is 0 Å². The molecule has 0 fully saturated rings. The third-order valence-corrected chi connectivity index (χ3v) is 5.53. The molecule has 12 nitrogen and oxygen atoms in total. The van der Waals surface area contributed by atoms with Crippen molar-refractivity contribution in [2.45, 2.75) is 62.9 Å². The van der Waals surface area contributed by atoms with Crippen LogP contribution in [0, 0.1) is 0 Å². The van der Waals surface area contributed by atoms with Crippen LogP contribution in [-0.2, 0) is 25.6 Å². The van der Waals surface area contributed by atoms with E-state index in [4.69, 9.17) is 16.6 Å². The van der Waals surface area contributed by atoms with Crippen molar-refractivity contribution in [2.24, 2.45) is 11.5 Å². The van der Waals surface area contributed by atoms with E-state index in [2.05, 4.69) is 28.6 Å². The minimum Gasteiger partial charge on any atom is -0.508 e. The van der Waals surface area contributed by atoms with Crippen molar-refractivity contribution in [3.05, 3.63) is 29.8 Å². The quantitative estimate of drug-likeness (QED) is 0.0957. The fourth-order valence-electron chi connectivity index (χ4n) is 3.13. The highest BCUT2D eigenvalue weighted by Crippen LogP contribution is 2.11. The number of aliphatic carboxylic acids is 1. The molecule has 13 heteroatoms. The second kappa shape index (κ2) is 15.2. The fraction of sp³-hybridized carbons (Fsp3) is 0.545. The van der Waals surface area contributed by atoms with Gasteiger partial charge in [-0.25, -0.2) is 4.79 Å². The summed E-state index contributed by atoms with van der Waals surface area (Å²) in [7, 11) is 0. The fourth-order valence-corrected chi connectivity index (χ4v) is 3.37. The van der Waals surface area contributed by atoms with E-state index in [-0.39, 0.29) is 24.3 Å². The van der Waals surface area contributed by atoms with Crippen molar-refractivity contribution in [3.8, 4) is 5.75 Å². The molecule has 0 aliphatic rings. The van der Waals surface area contributed by atoms with Crippen molar-refractivity contribution in [2.75, 3.05) is 12.3 Å². The van der Waals surface area contributed by atoms with Crippen LogP contribution in [0.2, 0.25) is 0 Å². The lowest BCUT2D eigenvalue weighted by Crippen LogP contribution is -2.60. The first-order chi connectivity index (χ1) is 16.5. The first-order valence-electron chi connectivity index (χ1n) is 11.2. The summed E-state index contributed by atoms with van der Waals surface area (Å²) in [5, 5.41) is 35.7. The Bertz CT molecular complexity index is 853. The Balaban J connectivity index is 2.91. The summed E-state index contributed by atoms with van der Waals surface area (Å²) in [4.78, 5) is 49.3. The summed E-state index contributed by atoms with van der Waals surface area (Å²) in [5.74, 6) is -3.71. The Labute approximate surface area is 209 Å².